The Labute approximate surface area is 128 Å². The van der Waals surface area contributed by atoms with Gasteiger partial charge in [0.25, 0.3) is 5.91 Å². The number of nitrogens with zero attached hydrogens (tertiary/aromatic N) is 3. The Balaban J connectivity index is 1.87. The molecule has 0 aliphatic carbocycles. The first-order valence-electron chi connectivity index (χ1n) is 6.93. The van der Waals surface area contributed by atoms with Gasteiger partial charge in [0.05, 0.1) is 18.1 Å². The lowest BCUT2D eigenvalue weighted by Crippen LogP contribution is -2.15. The molecule has 1 aromatic heterocycles. The molecule has 0 bridgehead atoms. The van der Waals surface area contributed by atoms with E-state index in [-0.39, 0.29) is 5.91 Å². The molecule has 3 rings (SSSR count). The van der Waals surface area contributed by atoms with E-state index < -0.39 is 0 Å². The molecule has 1 N–H and O–H groups in total. The maximum atomic E-state index is 12.5. The highest BCUT2D eigenvalue weighted by molar-refractivity contribution is 6.12. The van der Waals surface area contributed by atoms with Crippen LogP contribution in [0.3, 0.4) is 0 Å². The van der Waals surface area contributed by atoms with Crippen molar-refractivity contribution in [2.45, 2.75) is 0 Å². The second-order valence-electron chi connectivity index (χ2n) is 5.15. The molecule has 0 radical (unpaired) electrons. The predicted octanol–water partition coefficient (Wildman–Crippen LogP) is 2.95. The first-order valence-corrected chi connectivity index (χ1v) is 6.93. The first kappa shape index (κ1) is 14.0. The smallest absolute Gasteiger partial charge is 0.256 e. The van der Waals surface area contributed by atoms with Gasteiger partial charge in [0.2, 0.25) is 5.95 Å². The Morgan fingerprint density at radius 3 is 2.41 bits per heavy atom. The van der Waals surface area contributed by atoms with Gasteiger partial charge in [-0.15, -0.1) is 0 Å². The standard InChI is InChI=1S/C17H16N4O/c1-21(2)17-18-10-13(11-19-17)20-16(22)15-9-5-7-12-6-3-4-8-14(12)15/h3-11H,1-2H3,(H,20,22). The quantitative estimate of drug-likeness (QED) is 0.806. The lowest BCUT2D eigenvalue weighted by atomic mass is 10.0. The largest absolute Gasteiger partial charge is 0.347 e. The Morgan fingerprint density at radius 2 is 1.68 bits per heavy atom. The summed E-state index contributed by atoms with van der Waals surface area (Å²) in [4.78, 5) is 22.6. The SMILES string of the molecule is CN(C)c1ncc(NC(=O)c2cccc3ccccc23)cn1. The third-order valence-electron chi connectivity index (χ3n) is 3.33. The average Bonchev–Trinajstić information content (AvgIpc) is 2.54. The van der Waals surface area contributed by atoms with E-state index in [0.717, 1.165) is 10.8 Å². The van der Waals surface area contributed by atoms with Crippen LogP contribution in [-0.4, -0.2) is 30.0 Å². The molecule has 110 valence electrons. The summed E-state index contributed by atoms with van der Waals surface area (Å²) in [5, 5.41) is 4.79. The van der Waals surface area contributed by atoms with Gasteiger partial charge in [-0.2, -0.15) is 0 Å². The highest BCUT2D eigenvalue weighted by Gasteiger charge is 2.10. The third-order valence-corrected chi connectivity index (χ3v) is 3.33. The van der Waals surface area contributed by atoms with Crippen LogP contribution in [0.15, 0.2) is 54.9 Å². The summed E-state index contributed by atoms with van der Waals surface area (Å²) in [5.41, 5.74) is 1.21. The summed E-state index contributed by atoms with van der Waals surface area (Å²) in [6, 6.07) is 13.5. The number of fused-ring (bicyclic) bond motifs is 1. The Hall–Kier alpha value is -2.95. The van der Waals surface area contributed by atoms with Crippen LogP contribution in [0.4, 0.5) is 11.6 Å². The fourth-order valence-electron chi connectivity index (χ4n) is 2.24. The van der Waals surface area contributed by atoms with Crippen molar-refractivity contribution in [2.24, 2.45) is 0 Å². The molecule has 5 heteroatoms. The van der Waals surface area contributed by atoms with E-state index in [1.165, 1.54) is 0 Å². The highest BCUT2D eigenvalue weighted by Crippen LogP contribution is 2.19. The van der Waals surface area contributed by atoms with Crippen LogP contribution in [0.25, 0.3) is 10.8 Å². The van der Waals surface area contributed by atoms with E-state index in [1.807, 2.05) is 56.6 Å². The number of hydrogen-bond donors (Lipinski definition) is 1. The molecule has 0 aliphatic heterocycles. The number of rotatable bonds is 3. The summed E-state index contributed by atoms with van der Waals surface area (Å²) in [6.45, 7) is 0. The zero-order valence-electron chi connectivity index (χ0n) is 12.4. The molecule has 3 aromatic rings. The van der Waals surface area contributed by atoms with Gasteiger partial charge in [-0.05, 0) is 16.8 Å². The topological polar surface area (TPSA) is 58.1 Å². The van der Waals surface area contributed by atoms with Gasteiger partial charge in [-0.3, -0.25) is 4.79 Å². The summed E-state index contributed by atoms with van der Waals surface area (Å²) < 4.78 is 0. The fourth-order valence-corrected chi connectivity index (χ4v) is 2.24. The van der Waals surface area contributed by atoms with Crippen molar-refractivity contribution >= 4 is 28.3 Å². The number of aromatic nitrogens is 2. The molecule has 0 atom stereocenters. The predicted molar refractivity (Wildman–Crippen MR) is 88.3 cm³/mol. The normalized spacial score (nSPS) is 10.5. The summed E-state index contributed by atoms with van der Waals surface area (Å²) in [7, 11) is 3.73. The molecular formula is C17H16N4O. The van der Waals surface area contributed by atoms with Crippen molar-refractivity contribution in [3.05, 3.63) is 60.4 Å². The van der Waals surface area contributed by atoms with Gasteiger partial charge < -0.3 is 10.2 Å². The van der Waals surface area contributed by atoms with Gasteiger partial charge in [0.1, 0.15) is 0 Å². The molecule has 0 unspecified atom stereocenters. The molecule has 5 nitrogen and oxygen atoms in total. The van der Waals surface area contributed by atoms with Crippen LogP contribution in [0, 0.1) is 0 Å². The minimum atomic E-state index is -0.169. The second-order valence-corrected chi connectivity index (χ2v) is 5.15. The summed E-state index contributed by atoms with van der Waals surface area (Å²) in [6.07, 6.45) is 3.21. The molecule has 0 fully saturated rings. The van der Waals surface area contributed by atoms with Gasteiger partial charge in [-0.1, -0.05) is 36.4 Å². The van der Waals surface area contributed by atoms with E-state index in [4.69, 9.17) is 0 Å². The van der Waals surface area contributed by atoms with Crippen molar-refractivity contribution < 1.29 is 4.79 Å². The number of benzene rings is 2. The number of nitrogens with one attached hydrogen (secondary N) is 1. The molecule has 0 spiro atoms. The Bertz CT molecular complexity index is 807. The number of hydrogen-bond acceptors (Lipinski definition) is 4. The minimum Gasteiger partial charge on any atom is -0.347 e. The Morgan fingerprint density at radius 1 is 1.00 bits per heavy atom. The van der Waals surface area contributed by atoms with E-state index in [9.17, 15) is 4.79 Å². The van der Waals surface area contributed by atoms with Crippen LogP contribution >= 0.6 is 0 Å². The molecule has 22 heavy (non-hydrogen) atoms. The summed E-state index contributed by atoms with van der Waals surface area (Å²) >= 11 is 0. The van der Waals surface area contributed by atoms with Crippen molar-refractivity contribution in [1.82, 2.24) is 9.97 Å². The van der Waals surface area contributed by atoms with Crippen LogP contribution in [0.5, 0.6) is 0 Å². The van der Waals surface area contributed by atoms with Crippen LogP contribution in [0.2, 0.25) is 0 Å². The fraction of sp³-hybridized carbons (Fsp3) is 0.118. The van der Waals surface area contributed by atoms with E-state index in [0.29, 0.717) is 17.2 Å². The van der Waals surface area contributed by atoms with Crippen LogP contribution in [0.1, 0.15) is 10.4 Å². The maximum absolute atomic E-state index is 12.5. The van der Waals surface area contributed by atoms with Gasteiger partial charge >= 0.3 is 0 Å². The van der Waals surface area contributed by atoms with Gasteiger partial charge in [0.15, 0.2) is 0 Å². The second kappa shape index (κ2) is 5.81. The maximum Gasteiger partial charge on any atom is 0.256 e. The lowest BCUT2D eigenvalue weighted by Gasteiger charge is -2.11. The minimum absolute atomic E-state index is 0.169. The van der Waals surface area contributed by atoms with Crippen molar-refractivity contribution in [1.29, 1.82) is 0 Å². The zero-order chi connectivity index (χ0) is 15.5. The number of carbonyl (C=O) groups is 1. The van der Waals surface area contributed by atoms with E-state index >= 15 is 0 Å². The monoisotopic (exact) mass is 292 g/mol. The first-order chi connectivity index (χ1) is 10.6. The molecule has 0 aliphatic rings. The van der Waals surface area contributed by atoms with Crippen LogP contribution in [-0.2, 0) is 0 Å². The molecular weight excluding hydrogens is 276 g/mol. The molecule has 0 saturated heterocycles. The highest BCUT2D eigenvalue weighted by atomic mass is 16.1. The molecule has 0 saturated carbocycles. The zero-order valence-corrected chi connectivity index (χ0v) is 12.4. The third kappa shape index (κ3) is 2.74. The molecule has 1 heterocycles. The van der Waals surface area contributed by atoms with Crippen molar-refractivity contribution in [2.75, 3.05) is 24.3 Å². The number of amides is 1. The Kier molecular flexibility index (Phi) is 3.70. The number of carbonyl (C=O) groups excluding carboxylic acids is 1. The van der Waals surface area contributed by atoms with Crippen LogP contribution < -0.4 is 10.2 Å². The van der Waals surface area contributed by atoms with Crippen molar-refractivity contribution in [3.8, 4) is 0 Å². The van der Waals surface area contributed by atoms with Gasteiger partial charge in [0, 0.05) is 19.7 Å². The van der Waals surface area contributed by atoms with Gasteiger partial charge in [-0.25, -0.2) is 9.97 Å². The lowest BCUT2D eigenvalue weighted by molar-refractivity contribution is 0.102. The molecule has 2 aromatic carbocycles. The molecule has 1 amide bonds. The van der Waals surface area contributed by atoms with E-state index in [2.05, 4.69) is 15.3 Å². The summed E-state index contributed by atoms with van der Waals surface area (Å²) in [5.74, 6) is 0.432. The van der Waals surface area contributed by atoms with Crippen molar-refractivity contribution in [3.63, 3.8) is 0 Å². The van der Waals surface area contributed by atoms with E-state index in [1.54, 1.807) is 17.3 Å². The average molecular weight is 292 g/mol. The number of anilines is 2.